The third-order valence-corrected chi connectivity index (χ3v) is 4.30. The molecule has 4 heteroatoms. The van der Waals surface area contributed by atoms with Crippen LogP contribution in [0.15, 0.2) is 24.3 Å². The van der Waals surface area contributed by atoms with Crippen LogP contribution in [0.1, 0.15) is 45.1 Å². The molecule has 0 aliphatic carbocycles. The number of rotatable bonds is 6. The summed E-state index contributed by atoms with van der Waals surface area (Å²) in [4.78, 5) is 2.50. The van der Waals surface area contributed by atoms with Crippen LogP contribution in [0, 0.1) is 0 Å². The molecule has 21 heavy (non-hydrogen) atoms. The van der Waals surface area contributed by atoms with E-state index in [0.717, 1.165) is 31.0 Å². The predicted octanol–water partition coefficient (Wildman–Crippen LogP) is 4.93. The monoisotopic (exact) mass is 331 g/mol. The van der Waals surface area contributed by atoms with Gasteiger partial charge >= 0.3 is 0 Å². The highest BCUT2D eigenvalue weighted by atomic mass is 35.5. The molecule has 1 saturated heterocycles. The molecular formula is C17H27Cl2NO. The summed E-state index contributed by atoms with van der Waals surface area (Å²) in [7, 11) is 0. The highest BCUT2D eigenvalue weighted by Crippen LogP contribution is 2.20. The Kier molecular flexibility index (Phi) is 8.65. The van der Waals surface area contributed by atoms with E-state index in [-0.39, 0.29) is 18.6 Å². The van der Waals surface area contributed by atoms with E-state index >= 15 is 0 Å². The molecule has 1 heterocycles. The maximum absolute atomic E-state index is 6.27. The van der Waals surface area contributed by atoms with Crippen molar-refractivity contribution in [1.29, 1.82) is 0 Å². The maximum atomic E-state index is 6.27. The van der Waals surface area contributed by atoms with Gasteiger partial charge < -0.3 is 4.74 Å². The molecule has 2 unspecified atom stereocenters. The zero-order valence-electron chi connectivity index (χ0n) is 13.1. The normalized spacial score (nSPS) is 18.8. The van der Waals surface area contributed by atoms with Crippen molar-refractivity contribution >= 4 is 24.0 Å². The molecule has 1 fully saturated rings. The molecule has 1 aliphatic rings. The van der Waals surface area contributed by atoms with Gasteiger partial charge in [-0.25, -0.2) is 0 Å². The van der Waals surface area contributed by atoms with Crippen molar-refractivity contribution in [3.63, 3.8) is 0 Å². The third-order valence-electron chi connectivity index (χ3n) is 4.06. The van der Waals surface area contributed by atoms with Crippen LogP contribution in [0.5, 0.6) is 0 Å². The van der Waals surface area contributed by atoms with Crippen molar-refractivity contribution in [2.75, 3.05) is 13.1 Å². The van der Waals surface area contributed by atoms with Crippen molar-refractivity contribution in [3.8, 4) is 0 Å². The molecule has 120 valence electrons. The Morgan fingerprint density at radius 1 is 1.24 bits per heavy atom. The molecule has 1 aliphatic heterocycles. The quantitative estimate of drug-likeness (QED) is 0.732. The van der Waals surface area contributed by atoms with Gasteiger partial charge in [0.05, 0.1) is 6.10 Å². The van der Waals surface area contributed by atoms with Gasteiger partial charge in [0.1, 0.15) is 6.23 Å². The van der Waals surface area contributed by atoms with Crippen molar-refractivity contribution in [2.24, 2.45) is 0 Å². The minimum absolute atomic E-state index is 0. The van der Waals surface area contributed by atoms with Crippen molar-refractivity contribution < 1.29 is 4.74 Å². The van der Waals surface area contributed by atoms with Crippen LogP contribution in [-0.2, 0) is 11.2 Å². The Morgan fingerprint density at radius 3 is 2.57 bits per heavy atom. The molecule has 0 spiro atoms. The van der Waals surface area contributed by atoms with Crippen LogP contribution in [0.3, 0.4) is 0 Å². The van der Waals surface area contributed by atoms with E-state index in [1.807, 2.05) is 12.1 Å². The molecule has 1 aromatic carbocycles. The van der Waals surface area contributed by atoms with Crippen LogP contribution in [0.4, 0.5) is 0 Å². The fraction of sp³-hybridized carbons (Fsp3) is 0.647. The van der Waals surface area contributed by atoms with Gasteiger partial charge in [0.15, 0.2) is 0 Å². The lowest BCUT2D eigenvalue weighted by molar-refractivity contribution is -0.0993. The fourth-order valence-corrected chi connectivity index (χ4v) is 2.91. The van der Waals surface area contributed by atoms with E-state index in [0.29, 0.717) is 6.10 Å². The van der Waals surface area contributed by atoms with Crippen LogP contribution in [-0.4, -0.2) is 30.3 Å². The Hall–Kier alpha value is -0.280. The van der Waals surface area contributed by atoms with Gasteiger partial charge in [-0.15, -0.1) is 12.4 Å². The number of piperidine rings is 1. The standard InChI is InChI=1S/C17H26ClNO.ClH/c1-3-14(2)20-17(19-10-5-4-6-11-19)13-15-8-7-9-16(18)12-15;/h7-9,12,14,17H,3-6,10-11,13H2,1-2H3;1H. The molecule has 0 N–H and O–H groups in total. The first kappa shape index (κ1) is 18.8. The van der Waals surface area contributed by atoms with Gasteiger partial charge in [-0.05, 0) is 43.9 Å². The summed E-state index contributed by atoms with van der Waals surface area (Å²) in [6.45, 7) is 6.65. The minimum atomic E-state index is 0. The van der Waals surface area contributed by atoms with Crippen LogP contribution >= 0.6 is 24.0 Å². The molecule has 2 nitrogen and oxygen atoms in total. The maximum Gasteiger partial charge on any atom is 0.115 e. The third kappa shape index (κ3) is 6.15. The first-order valence-corrected chi connectivity index (χ1v) is 8.20. The van der Waals surface area contributed by atoms with Crippen LogP contribution < -0.4 is 0 Å². The van der Waals surface area contributed by atoms with E-state index in [4.69, 9.17) is 16.3 Å². The first-order chi connectivity index (χ1) is 9.69. The van der Waals surface area contributed by atoms with Gasteiger partial charge in [0, 0.05) is 24.5 Å². The van der Waals surface area contributed by atoms with Crippen LogP contribution in [0.25, 0.3) is 0 Å². The Morgan fingerprint density at radius 2 is 1.95 bits per heavy atom. The molecule has 2 rings (SSSR count). The minimum Gasteiger partial charge on any atom is -0.360 e. The fourth-order valence-electron chi connectivity index (χ4n) is 2.70. The molecule has 0 aromatic heterocycles. The molecule has 0 radical (unpaired) electrons. The van der Waals surface area contributed by atoms with E-state index < -0.39 is 0 Å². The number of ether oxygens (including phenoxy) is 1. The highest BCUT2D eigenvalue weighted by molar-refractivity contribution is 6.30. The lowest BCUT2D eigenvalue weighted by Crippen LogP contribution is -2.43. The summed E-state index contributed by atoms with van der Waals surface area (Å²) >= 11 is 6.09. The summed E-state index contributed by atoms with van der Waals surface area (Å²) in [5, 5.41) is 0.809. The Labute approximate surface area is 140 Å². The molecule has 0 bridgehead atoms. The Bertz CT molecular complexity index is 408. The van der Waals surface area contributed by atoms with Gasteiger partial charge in [-0.2, -0.15) is 0 Å². The summed E-state index contributed by atoms with van der Waals surface area (Å²) < 4.78 is 6.27. The second kappa shape index (κ2) is 9.68. The van der Waals surface area contributed by atoms with Crippen molar-refractivity contribution in [1.82, 2.24) is 4.90 Å². The van der Waals surface area contributed by atoms with E-state index in [2.05, 4.69) is 30.9 Å². The second-order valence-electron chi connectivity index (χ2n) is 5.74. The average molecular weight is 332 g/mol. The second-order valence-corrected chi connectivity index (χ2v) is 6.18. The average Bonchev–Trinajstić information content (AvgIpc) is 2.47. The zero-order chi connectivity index (χ0) is 14.4. The Balaban J connectivity index is 0.00000220. The predicted molar refractivity (Wildman–Crippen MR) is 92.5 cm³/mol. The topological polar surface area (TPSA) is 12.5 Å². The van der Waals surface area contributed by atoms with E-state index in [1.54, 1.807) is 0 Å². The number of likely N-dealkylation sites (tertiary alicyclic amines) is 1. The molecule has 1 aromatic rings. The lowest BCUT2D eigenvalue weighted by atomic mass is 10.1. The number of benzene rings is 1. The van der Waals surface area contributed by atoms with Gasteiger partial charge in [0.25, 0.3) is 0 Å². The summed E-state index contributed by atoms with van der Waals surface area (Å²) in [5.41, 5.74) is 1.26. The number of hydrogen-bond donors (Lipinski definition) is 0. The smallest absolute Gasteiger partial charge is 0.115 e. The molecule has 0 saturated carbocycles. The van der Waals surface area contributed by atoms with Crippen molar-refractivity contribution in [2.45, 2.75) is 58.3 Å². The van der Waals surface area contributed by atoms with Gasteiger partial charge in [-0.3, -0.25) is 4.90 Å². The largest absolute Gasteiger partial charge is 0.360 e. The highest BCUT2D eigenvalue weighted by Gasteiger charge is 2.23. The molecular weight excluding hydrogens is 305 g/mol. The zero-order valence-corrected chi connectivity index (χ0v) is 14.6. The molecule has 0 amide bonds. The SMILES string of the molecule is CCC(C)OC(Cc1cccc(Cl)c1)N1CCCCC1.Cl. The van der Waals surface area contributed by atoms with E-state index in [9.17, 15) is 0 Å². The number of hydrogen-bond acceptors (Lipinski definition) is 2. The van der Waals surface area contributed by atoms with Gasteiger partial charge in [-0.1, -0.05) is 37.1 Å². The lowest BCUT2D eigenvalue weighted by Gasteiger charge is -2.36. The summed E-state index contributed by atoms with van der Waals surface area (Å²) in [6, 6.07) is 8.14. The summed E-state index contributed by atoms with van der Waals surface area (Å²) in [5.74, 6) is 0. The summed E-state index contributed by atoms with van der Waals surface area (Å²) in [6.07, 6.45) is 6.39. The molecule has 2 atom stereocenters. The van der Waals surface area contributed by atoms with Crippen LogP contribution in [0.2, 0.25) is 5.02 Å². The number of halogens is 2. The van der Waals surface area contributed by atoms with Gasteiger partial charge in [0.2, 0.25) is 0 Å². The number of nitrogens with zero attached hydrogens (tertiary/aromatic N) is 1. The first-order valence-electron chi connectivity index (χ1n) is 7.83. The van der Waals surface area contributed by atoms with E-state index in [1.165, 1.54) is 24.8 Å². The van der Waals surface area contributed by atoms with Crippen molar-refractivity contribution in [3.05, 3.63) is 34.9 Å².